The van der Waals surface area contributed by atoms with E-state index in [4.69, 9.17) is 19.9 Å². The number of pyridine rings is 1. The molecule has 126 valence electrons. The molecule has 2 amide bonds. The third-order valence-corrected chi connectivity index (χ3v) is 2.88. The van der Waals surface area contributed by atoms with Crippen LogP contribution >= 0.6 is 0 Å². The molecule has 0 radical (unpaired) electrons. The lowest BCUT2D eigenvalue weighted by Crippen LogP contribution is -2.37. The minimum Gasteiger partial charge on any atom is -0.497 e. The van der Waals surface area contributed by atoms with Crippen molar-refractivity contribution in [2.45, 2.75) is 6.61 Å². The van der Waals surface area contributed by atoms with Crippen LogP contribution in [0.15, 0.2) is 42.6 Å². The summed E-state index contributed by atoms with van der Waals surface area (Å²) in [7, 11) is 1.58. The Bertz CT molecular complexity index is 720. The summed E-state index contributed by atoms with van der Waals surface area (Å²) in [4.78, 5) is 26.6. The Morgan fingerprint density at radius 3 is 2.83 bits per heavy atom. The molecule has 0 saturated heterocycles. The molecule has 8 heteroatoms. The number of imide groups is 1. The van der Waals surface area contributed by atoms with E-state index in [1.165, 1.54) is 6.20 Å². The highest BCUT2D eigenvalue weighted by molar-refractivity contribution is 5.93. The van der Waals surface area contributed by atoms with Crippen molar-refractivity contribution in [2.24, 2.45) is 5.73 Å². The molecule has 8 nitrogen and oxygen atoms in total. The minimum atomic E-state index is -0.976. The molecule has 0 spiro atoms. The van der Waals surface area contributed by atoms with Crippen LogP contribution in [0, 0.1) is 0 Å². The van der Waals surface area contributed by atoms with Gasteiger partial charge in [-0.25, -0.2) is 9.78 Å². The summed E-state index contributed by atoms with van der Waals surface area (Å²) in [5, 5.41) is 1.96. The molecule has 0 atom stereocenters. The second-order valence-electron chi connectivity index (χ2n) is 4.59. The molecule has 0 fully saturated rings. The van der Waals surface area contributed by atoms with Gasteiger partial charge in [0.25, 0.3) is 5.88 Å². The van der Waals surface area contributed by atoms with Gasteiger partial charge in [0.2, 0.25) is 5.91 Å². The maximum absolute atomic E-state index is 11.6. The summed E-state index contributed by atoms with van der Waals surface area (Å²) in [6, 6.07) is 10.6. The number of hydrogen-bond donors (Lipinski definition) is 2. The van der Waals surface area contributed by atoms with Gasteiger partial charge in [-0.2, -0.15) is 0 Å². The van der Waals surface area contributed by atoms with Crippen LogP contribution in [0.4, 0.5) is 4.79 Å². The van der Waals surface area contributed by atoms with E-state index in [-0.39, 0.29) is 24.8 Å². The van der Waals surface area contributed by atoms with Crippen LogP contribution in [-0.2, 0) is 11.4 Å². The van der Waals surface area contributed by atoms with Crippen LogP contribution in [-0.4, -0.2) is 30.6 Å². The highest BCUT2D eigenvalue weighted by Crippen LogP contribution is 2.25. The summed E-state index contributed by atoms with van der Waals surface area (Å²) in [5.41, 5.74) is 5.98. The lowest BCUT2D eigenvalue weighted by atomic mass is 10.2. The molecule has 0 bridgehead atoms. The first-order valence-electron chi connectivity index (χ1n) is 7.05. The largest absolute Gasteiger partial charge is 0.497 e. The Kier molecular flexibility index (Phi) is 6.09. The standard InChI is InChI=1S/C16H17N3O5/c1-22-12-5-2-4-11(8-12)10-23-13-6-3-7-18-15(13)24-16(21)19-14(20)9-17/h2-8H,9-10,17H2,1H3,(H,19,20,21). The molecular weight excluding hydrogens is 314 g/mol. The van der Waals surface area contributed by atoms with Crippen molar-refractivity contribution < 1.29 is 23.8 Å². The normalized spacial score (nSPS) is 9.92. The fourth-order valence-corrected chi connectivity index (χ4v) is 1.76. The molecule has 0 aliphatic heterocycles. The molecule has 2 rings (SSSR count). The zero-order valence-corrected chi connectivity index (χ0v) is 13.0. The summed E-state index contributed by atoms with van der Waals surface area (Å²) >= 11 is 0. The topological polar surface area (TPSA) is 113 Å². The maximum atomic E-state index is 11.6. The lowest BCUT2D eigenvalue weighted by Gasteiger charge is -2.11. The average Bonchev–Trinajstić information content (AvgIpc) is 2.61. The van der Waals surface area contributed by atoms with Crippen molar-refractivity contribution in [3.05, 3.63) is 48.2 Å². The number of nitrogens with zero attached hydrogens (tertiary/aromatic N) is 1. The number of hydrogen-bond acceptors (Lipinski definition) is 7. The molecule has 2 aromatic rings. The van der Waals surface area contributed by atoms with Crippen molar-refractivity contribution in [1.82, 2.24) is 10.3 Å². The van der Waals surface area contributed by atoms with E-state index in [0.717, 1.165) is 5.56 Å². The van der Waals surface area contributed by atoms with E-state index in [2.05, 4.69) is 4.98 Å². The van der Waals surface area contributed by atoms with Crippen LogP contribution in [0.5, 0.6) is 17.4 Å². The van der Waals surface area contributed by atoms with E-state index < -0.39 is 12.0 Å². The van der Waals surface area contributed by atoms with Crippen LogP contribution < -0.4 is 25.3 Å². The highest BCUT2D eigenvalue weighted by Gasteiger charge is 2.13. The zero-order chi connectivity index (χ0) is 17.4. The number of ether oxygens (including phenoxy) is 3. The molecular formula is C16H17N3O5. The molecule has 1 aromatic heterocycles. The van der Waals surface area contributed by atoms with Gasteiger partial charge in [0.05, 0.1) is 13.7 Å². The van der Waals surface area contributed by atoms with Crippen LogP contribution in [0.3, 0.4) is 0 Å². The molecule has 24 heavy (non-hydrogen) atoms. The van der Waals surface area contributed by atoms with Gasteiger partial charge in [-0.05, 0) is 29.8 Å². The van der Waals surface area contributed by atoms with Gasteiger partial charge in [0.15, 0.2) is 5.75 Å². The fourth-order valence-electron chi connectivity index (χ4n) is 1.76. The van der Waals surface area contributed by atoms with E-state index in [0.29, 0.717) is 5.75 Å². The van der Waals surface area contributed by atoms with Crippen LogP contribution in [0.2, 0.25) is 0 Å². The number of rotatable bonds is 6. The Labute approximate surface area is 138 Å². The number of nitrogens with one attached hydrogen (secondary N) is 1. The van der Waals surface area contributed by atoms with Gasteiger partial charge in [0.1, 0.15) is 12.4 Å². The Hall–Kier alpha value is -3.13. The number of aromatic nitrogens is 1. The quantitative estimate of drug-likeness (QED) is 0.819. The molecule has 3 N–H and O–H groups in total. The SMILES string of the molecule is COc1cccc(COc2cccnc2OC(=O)NC(=O)CN)c1. The molecule has 0 saturated carbocycles. The number of amides is 2. The predicted octanol–water partition coefficient (Wildman–Crippen LogP) is 1.24. The number of carbonyl (C=O) groups is 2. The average molecular weight is 331 g/mol. The van der Waals surface area contributed by atoms with E-state index >= 15 is 0 Å². The number of carbonyl (C=O) groups excluding carboxylic acids is 2. The first kappa shape index (κ1) is 17.2. The monoisotopic (exact) mass is 331 g/mol. The van der Waals surface area contributed by atoms with E-state index in [1.54, 1.807) is 19.2 Å². The van der Waals surface area contributed by atoms with Crippen molar-refractivity contribution in [3.63, 3.8) is 0 Å². The van der Waals surface area contributed by atoms with Crippen molar-refractivity contribution >= 4 is 12.0 Å². The fraction of sp³-hybridized carbons (Fsp3) is 0.188. The lowest BCUT2D eigenvalue weighted by molar-refractivity contribution is -0.118. The van der Waals surface area contributed by atoms with Crippen molar-refractivity contribution in [2.75, 3.05) is 13.7 Å². The summed E-state index contributed by atoms with van der Waals surface area (Å²) in [5.74, 6) is 0.256. The van der Waals surface area contributed by atoms with Gasteiger partial charge in [-0.3, -0.25) is 10.1 Å². The van der Waals surface area contributed by atoms with Crippen LogP contribution in [0.1, 0.15) is 5.56 Å². The molecule has 1 heterocycles. The second-order valence-corrected chi connectivity index (χ2v) is 4.59. The first-order chi connectivity index (χ1) is 11.6. The van der Waals surface area contributed by atoms with E-state index in [9.17, 15) is 9.59 Å². The van der Waals surface area contributed by atoms with Crippen LogP contribution in [0.25, 0.3) is 0 Å². The summed E-state index contributed by atoms with van der Waals surface area (Å²) < 4.78 is 15.7. The molecule has 0 aliphatic rings. The number of methoxy groups -OCH3 is 1. The number of benzene rings is 1. The maximum Gasteiger partial charge on any atom is 0.420 e. The second kappa shape index (κ2) is 8.49. The van der Waals surface area contributed by atoms with Gasteiger partial charge >= 0.3 is 6.09 Å². The highest BCUT2D eigenvalue weighted by atomic mass is 16.6. The van der Waals surface area contributed by atoms with Gasteiger partial charge in [-0.15, -0.1) is 0 Å². The summed E-state index contributed by atoms with van der Waals surface area (Å²) in [6.07, 6.45) is 0.460. The zero-order valence-electron chi connectivity index (χ0n) is 13.0. The van der Waals surface area contributed by atoms with Gasteiger partial charge < -0.3 is 19.9 Å². The number of nitrogens with two attached hydrogens (primary N) is 1. The minimum absolute atomic E-state index is 0.0530. The molecule has 0 aliphatic carbocycles. The third-order valence-electron chi connectivity index (χ3n) is 2.88. The third kappa shape index (κ3) is 4.96. The predicted molar refractivity (Wildman–Crippen MR) is 84.8 cm³/mol. The first-order valence-corrected chi connectivity index (χ1v) is 7.05. The van der Waals surface area contributed by atoms with E-state index in [1.807, 2.05) is 29.6 Å². The van der Waals surface area contributed by atoms with Crippen molar-refractivity contribution in [3.8, 4) is 17.4 Å². The smallest absolute Gasteiger partial charge is 0.420 e. The van der Waals surface area contributed by atoms with Gasteiger partial charge in [0, 0.05) is 6.20 Å². The Morgan fingerprint density at radius 2 is 2.08 bits per heavy atom. The molecule has 1 aromatic carbocycles. The Morgan fingerprint density at radius 1 is 1.25 bits per heavy atom. The van der Waals surface area contributed by atoms with Gasteiger partial charge in [-0.1, -0.05) is 12.1 Å². The van der Waals surface area contributed by atoms with Crippen molar-refractivity contribution in [1.29, 1.82) is 0 Å². The molecule has 0 unspecified atom stereocenters. The summed E-state index contributed by atoms with van der Waals surface area (Å²) in [6.45, 7) is -0.0981. The Balaban J connectivity index is 2.02.